The second kappa shape index (κ2) is 11.3. The van der Waals surface area contributed by atoms with E-state index < -0.39 is 0 Å². The molecule has 0 saturated carbocycles. The summed E-state index contributed by atoms with van der Waals surface area (Å²) >= 11 is 0. The minimum Gasteiger partial charge on any atom is -0.468 e. The van der Waals surface area contributed by atoms with Crippen LogP contribution in [0.3, 0.4) is 0 Å². The van der Waals surface area contributed by atoms with Gasteiger partial charge in [0.2, 0.25) is 5.91 Å². The van der Waals surface area contributed by atoms with Crippen LogP contribution in [0.2, 0.25) is 0 Å². The fourth-order valence-electron chi connectivity index (χ4n) is 2.77. The van der Waals surface area contributed by atoms with Gasteiger partial charge in [0.25, 0.3) is 0 Å². The molecule has 1 aliphatic heterocycles. The maximum Gasteiger partial charge on any atom is 0.243 e. The first kappa shape index (κ1) is 21.8. The highest BCUT2D eigenvalue weighted by Gasteiger charge is 2.25. The monoisotopic (exact) mass is 463 g/mol. The number of likely N-dealkylation sites (tertiary alicyclic amines) is 1. The average molecular weight is 463 g/mol. The molecule has 0 bridgehead atoms. The summed E-state index contributed by atoms with van der Waals surface area (Å²) in [5.41, 5.74) is 0. The molecule has 2 heterocycles. The molecular weight excluding hydrogens is 433 g/mol. The Bertz CT molecular complexity index is 527. The quantitative estimate of drug-likeness (QED) is 0.366. The van der Waals surface area contributed by atoms with Crippen molar-refractivity contribution >= 4 is 35.8 Å². The van der Waals surface area contributed by atoms with Crippen molar-refractivity contribution in [3.63, 3.8) is 0 Å². The number of guanidine groups is 1. The Hall–Kier alpha value is -1.29. The van der Waals surface area contributed by atoms with Crippen LogP contribution in [0.4, 0.5) is 0 Å². The molecule has 25 heavy (non-hydrogen) atoms. The first-order valence-electron chi connectivity index (χ1n) is 8.61. The molecule has 1 fully saturated rings. The molecule has 1 aromatic rings. The van der Waals surface area contributed by atoms with Gasteiger partial charge in [0, 0.05) is 27.2 Å². The topological polar surface area (TPSA) is 73.1 Å². The third-order valence-corrected chi connectivity index (χ3v) is 4.13. The van der Waals surface area contributed by atoms with E-state index in [9.17, 15) is 4.79 Å². The van der Waals surface area contributed by atoms with Gasteiger partial charge in [-0.05, 0) is 45.0 Å². The largest absolute Gasteiger partial charge is 0.468 e. The smallest absolute Gasteiger partial charge is 0.243 e. The molecule has 0 radical (unpaired) electrons. The van der Waals surface area contributed by atoms with Crippen molar-refractivity contribution in [1.29, 1.82) is 0 Å². The average Bonchev–Trinajstić information content (AvgIpc) is 3.26. The van der Waals surface area contributed by atoms with Crippen molar-refractivity contribution in [3.05, 3.63) is 24.2 Å². The highest BCUT2D eigenvalue weighted by molar-refractivity contribution is 14.0. The summed E-state index contributed by atoms with van der Waals surface area (Å²) in [6, 6.07) is 4.12. The predicted octanol–water partition coefficient (Wildman–Crippen LogP) is 1.68. The Kier molecular flexibility index (Phi) is 9.88. The van der Waals surface area contributed by atoms with E-state index in [1.54, 1.807) is 25.3 Å². The number of carbonyl (C=O) groups excluding carboxylic acids is 1. The number of likely N-dealkylation sites (N-methyl/N-ethyl adjacent to an activating group) is 1. The van der Waals surface area contributed by atoms with Gasteiger partial charge in [-0.1, -0.05) is 0 Å². The number of carbonyl (C=O) groups is 1. The number of nitrogens with one attached hydrogen (secondary N) is 2. The molecule has 1 unspecified atom stereocenters. The highest BCUT2D eigenvalue weighted by Crippen LogP contribution is 2.24. The standard InChI is InChI=1S/C17H29N5O2.HI/c1-4-18-17(20-13-16(23)21(2)3)19-12-14(15-8-7-11-24-15)22-9-5-6-10-22;/h7-8,11,14H,4-6,9-10,12-13H2,1-3H3,(H2,18,19,20);1H. The van der Waals surface area contributed by atoms with Gasteiger partial charge in [-0.2, -0.15) is 0 Å². The van der Waals surface area contributed by atoms with Gasteiger partial charge in [0.15, 0.2) is 5.96 Å². The number of furan rings is 1. The Labute approximate surface area is 167 Å². The normalized spacial score (nSPS) is 16.2. The lowest BCUT2D eigenvalue weighted by Crippen LogP contribution is -2.43. The van der Waals surface area contributed by atoms with E-state index in [2.05, 4.69) is 20.5 Å². The lowest BCUT2D eigenvalue weighted by Gasteiger charge is -2.26. The number of amides is 1. The predicted molar refractivity (Wildman–Crippen MR) is 110 cm³/mol. The van der Waals surface area contributed by atoms with Crippen LogP contribution in [-0.2, 0) is 4.79 Å². The summed E-state index contributed by atoms with van der Waals surface area (Å²) in [6.45, 7) is 5.75. The van der Waals surface area contributed by atoms with Gasteiger partial charge in [0.05, 0.1) is 12.3 Å². The number of halogens is 1. The van der Waals surface area contributed by atoms with E-state index in [-0.39, 0.29) is 42.5 Å². The first-order valence-corrected chi connectivity index (χ1v) is 8.61. The molecule has 1 aliphatic rings. The molecule has 0 spiro atoms. The molecule has 1 saturated heterocycles. The Morgan fingerprint density at radius 2 is 2.08 bits per heavy atom. The fourth-order valence-corrected chi connectivity index (χ4v) is 2.77. The van der Waals surface area contributed by atoms with Gasteiger partial charge in [-0.15, -0.1) is 24.0 Å². The summed E-state index contributed by atoms with van der Waals surface area (Å²) in [5.74, 6) is 1.60. The second-order valence-corrected chi connectivity index (χ2v) is 6.14. The van der Waals surface area contributed by atoms with Crippen molar-refractivity contribution in [2.45, 2.75) is 25.8 Å². The molecule has 142 valence electrons. The number of aliphatic imine (C=N–C) groups is 1. The summed E-state index contributed by atoms with van der Waals surface area (Å²) < 4.78 is 5.63. The van der Waals surface area contributed by atoms with Crippen molar-refractivity contribution < 1.29 is 9.21 Å². The molecular formula is C17H30IN5O2. The summed E-state index contributed by atoms with van der Waals surface area (Å²) in [5, 5.41) is 6.53. The van der Waals surface area contributed by atoms with E-state index in [0.29, 0.717) is 12.5 Å². The molecule has 7 nitrogen and oxygen atoms in total. The van der Waals surface area contributed by atoms with Gasteiger partial charge < -0.3 is 20.0 Å². The van der Waals surface area contributed by atoms with Crippen molar-refractivity contribution in [2.24, 2.45) is 4.99 Å². The number of rotatable bonds is 7. The SMILES string of the molecule is CCNC(=NCC(=O)N(C)C)NCC(c1ccco1)N1CCCC1.I. The molecule has 0 aliphatic carbocycles. The highest BCUT2D eigenvalue weighted by atomic mass is 127. The van der Waals surface area contributed by atoms with E-state index in [1.807, 2.05) is 19.1 Å². The molecule has 2 rings (SSSR count). The molecule has 2 N–H and O–H groups in total. The van der Waals surface area contributed by atoms with E-state index in [4.69, 9.17) is 4.42 Å². The van der Waals surface area contributed by atoms with Crippen LogP contribution >= 0.6 is 24.0 Å². The molecule has 8 heteroatoms. The third kappa shape index (κ3) is 6.85. The minimum atomic E-state index is -0.0191. The van der Waals surface area contributed by atoms with Crippen LogP contribution in [0.1, 0.15) is 31.6 Å². The van der Waals surface area contributed by atoms with Crippen LogP contribution in [0.5, 0.6) is 0 Å². The van der Waals surface area contributed by atoms with Crippen LogP contribution in [0.15, 0.2) is 27.8 Å². The zero-order valence-corrected chi connectivity index (χ0v) is 17.7. The first-order chi connectivity index (χ1) is 11.6. The van der Waals surface area contributed by atoms with E-state index >= 15 is 0 Å². The summed E-state index contributed by atoms with van der Waals surface area (Å²) in [6.07, 6.45) is 4.17. The Morgan fingerprint density at radius 1 is 1.36 bits per heavy atom. The van der Waals surface area contributed by atoms with Gasteiger partial charge in [0.1, 0.15) is 12.3 Å². The lowest BCUT2D eigenvalue weighted by molar-refractivity contribution is -0.127. The maximum absolute atomic E-state index is 11.7. The van der Waals surface area contributed by atoms with Gasteiger partial charge in [-0.25, -0.2) is 4.99 Å². The van der Waals surface area contributed by atoms with Crippen molar-refractivity contribution in [3.8, 4) is 0 Å². The van der Waals surface area contributed by atoms with Gasteiger partial charge >= 0.3 is 0 Å². The Balaban J connectivity index is 0.00000312. The zero-order chi connectivity index (χ0) is 17.4. The number of nitrogens with zero attached hydrogens (tertiary/aromatic N) is 3. The second-order valence-electron chi connectivity index (χ2n) is 6.14. The summed E-state index contributed by atoms with van der Waals surface area (Å²) in [4.78, 5) is 20.1. The molecule has 0 aromatic carbocycles. The molecule has 1 aromatic heterocycles. The Morgan fingerprint density at radius 3 is 2.64 bits per heavy atom. The van der Waals surface area contributed by atoms with E-state index in [1.165, 1.54) is 12.8 Å². The molecule has 1 amide bonds. The minimum absolute atomic E-state index is 0. The summed E-state index contributed by atoms with van der Waals surface area (Å²) in [7, 11) is 3.47. The van der Waals surface area contributed by atoms with Crippen LogP contribution in [-0.4, -0.2) is 68.5 Å². The van der Waals surface area contributed by atoms with Crippen LogP contribution in [0, 0.1) is 0 Å². The van der Waals surface area contributed by atoms with Crippen molar-refractivity contribution in [2.75, 3.05) is 46.8 Å². The van der Waals surface area contributed by atoms with Gasteiger partial charge in [-0.3, -0.25) is 9.69 Å². The maximum atomic E-state index is 11.7. The third-order valence-electron chi connectivity index (χ3n) is 4.13. The van der Waals surface area contributed by atoms with Crippen LogP contribution in [0.25, 0.3) is 0 Å². The number of hydrogen-bond donors (Lipinski definition) is 2. The zero-order valence-electron chi connectivity index (χ0n) is 15.3. The lowest BCUT2D eigenvalue weighted by atomic mass is 10.2. The fraction of sp³-hybridized carbons (Fsp3) is 0.647. The van der Waals surface area contributed by atoms with Crippen molar-refractivity contribution in [1.82, 2.24) is 20.4 Å². The molecule has 1 atom stereocenters. The number of hydrogen-bond acceptors (Lipinski definition) is 4. The van der Waals surface area contributed by atoms with E-state index in [0.717, 1.165) is 25.4 Å². The van der Waals surface area contributed by atoms with Crippen LogP contribution < -0.4 is 10.6 Å².